The third-order valence-corrected chi connectivity index (χ3v) is 6.92. The molecule has 2 aromatic heterocycles. The summed E-state index contributed by atoms with van der Waals surface area (Å²) in [5.74, 6) is -5.92. The van der Waals surface area contributed by atoms with Gasteiger partial charge in [-0.25, -0.2) is 18.2 Å². The molecule has 2 atom stereocenters. The van der Waals surface area contributed by atoms with Gasteiger partial charge in [-0.3, -0.25) is 14.2 Å². The number of nitrogens with zero attached hydrogens (tertiary/aromatic N) is 3. The van der Waals surface area contributed by atoms with Crippen LogP contribution >= 0.6 is 0 Å². The van der Waals surface area contributed by atoms with Crippen LogP contribution < -0.4 is 15.6 Å². The average molecular weight is 540 g/mol. The van der Waals surface area contributed by atoms with Crippen molar-refractivity contribution in [2.75, 3.05) is 18.1 Å². The van der Waals surface area contributed by atoms with Gasteiger partial charge in [-0.05, 0) is 43.7 Å². The number of hydrogen-bond acceptors (Lipinski definition) is 5. The molecule has 0 radical (unpaired) electrons. The minimum Gasteiger partial charge on any atom is -0.394 e. The zero-order chi connectivity index (χ0) is 27.4. The molecule has 3 aromatic rings. The third-order valence-electron chi connectivity index (χ3n) is 6.92. The van der Waals surface area contributed by atoms with Crippen molar-refractivity contribution in [2.45, 2.75) is 43.9 Å². The summed E-state index contributed by atoms with van der Waals surface area (Å²) in [5.41, 5.74) is -2.96. The van der Waals surface area contributed by atoms with Crippen LogP contribution in [0.25, 0.3) is 16.7 Å². The number of nitrogens with one attached hydrogen (secondary N) is 1. The van der Waals surface area contributed by atoms with Crippen LogP contribution in [0, 0.1) is 23.4 Å². The number of fused-ring (bicyclic) bond motifs is 1. The van der Waals surface area contributed by atoms with E-state index in [-0.39, 0.29) is 42.3 Å². The van der Waals surface area contributed by atoms with E-state index in [1.165, 1.54) is 12.1 Å². The van der Waals surface area contributed by atoms with E-state index in [1.54, 1.807) is 4.90 Å². The fourth-order valence-electron chi connectivity index (χ4n) is 4.89. The van der Waals surface area contributed by atoms with E-state index in [2.05, 4.69) is 4.98 Å². The first-order chi connectivity index (χ1) is 18.0. The number of pyridine rings is 2. The normalized spacial score (nSPS) is 18.7. The highest BCUT2D eigenvalue weighted by atomic mass is 19.4. The van der Waals surface area contributed by atoms with Gasteiger partial charge in [0.1, 0.15) is 28.9 Å². The van der Waals surface area contributed by atoms with Gasteiger partial charge in [0.05, 0.1) is 18.0 Å². The Morgan fingerprint density at radius 3 is 2.42 bits per heavy atom. The smallest absolute Gasteiger partial charge is 0.394 e. The summed E-state index contributed by atoms with van der Waals surface area (Å²) in [7, 11) is 0. The Balaban J connectivity index is 1.70. The van der Waals surface area contributed by atoms with E-state index in [0.717, 1.165) is 11.0 Å². The highest BCUT2D eigenvalue weighted by molar-refractivity contribution is 5.97. The molecule has 3 heterocycles. The Morgan fingerprint density at radius 1 is 1.13 bits per heavy atom. The van der Waals surface area contributed by atoms with Gasteiger partial charge in [0.25, 0.3) is 5.91 Å². The summed E-state index contributed by atoms with van der Waals surface area (Å²) in [4.78, 5) is 32.3. The van der Waals surface area contributed by atoms with Crippen molar-refractivity contribution in [3.63, 3.8) is 0 Å². The van der Waals surface area contributed by atoms with E-state index in [4.69, 9.17) is 0 Å². The van der Waals surface area contributed by atoms with Crippen LogP contribution in [0.3, 0.4) is 0 Å². The van der Waals surface area contributed by atoms with Gasteiger partial charge in [0.15, 0.2) is 17.3 Å². The molecule has 0 bridgehead atoms. The number of aliphatic hydroxyl groups is 1. The number of carbonyl (C=O) groups is 1. The number of carbonyl (C=O) groups excluding carboxylic acids is 1. The number of rotatable bonds is 6. The number of aliphatic hydroxyl groups excluding tert-OH is 1. The van der Waals surface area contributed by atoms with Crippen molar-refractivity contribution in [1.29, 1.82) is 0 Å². The second-order valence-electron chi connectivity index (χ2n) is 9.50. The summed E-state index contributed by atoms with van der Waals surface area (Å²) < 4.78 is 84.6. The molecule has 1 saturated heterocycles. The predicted molar refractivity (Wildman–Crippen MR) is 125 cm³/mol. The standard InChI is InChI=1S/C25H22F6N4O3/c26-13-8-17(27)20(18(28)9-13)35-10-16(24(38)33-22(12-3-4-12)25(29,30)31)21(37)15-5-6-19(32-23(15)35)34-7-1-2-14(34)11-36/h5-6,8-10,12,14,22,36H,1-4,7,11H2,(H,33,38). The molecule has 13 heteroatoms. The lowest BCUT2D eigenvalue weighted by atomic mass is 10.1. The number of halogens is 6. The van der Waals surface area contributed by atoms with Gasteiger partial charge in [0.2, 0.25) is 5.43 Å². The summed E-state index contributed by atoms with van der Waals surface area (Å²) in [6, 6.07) is 0.975. The van der Waals surface area contributed by atoms with Crippen LogP contribution in [0.1, 0.15) is 36.0 Å². The summed E-state index contributed by atoms with van der Waals surface area (Å²) >= 11 is 0. The van der Waals surface area contributed by atoms with Crippen molar-refractivity contribution >= 4 is 22.8 Å². The molecular formula is C25H22F6N4O3. The molecule has 2 fully saturated rings. The zero-order valence-electron chi connectivity index (χ0n) is 19.7. The molecule has 202 valence electrons. The lowest BCUT2D eigenvalue weighted by Gasteiger charge is -2.25. The van der Waals surface area contributed by atoms with Crippen molar-refractivity contribution in [2.24, 2.45) is 5.92 Å². The number of aromatic nitrogens is 2. The van der Waals surface area contributed by atoms with Gasteiger partial charge in [0, 0.05) is 24.9 Å². The minimum absolute atomic E-state index is 0.186. The first kappa shape index (κ1) is 26.0. The minimum atomic E-state index is -4.77. The summed E-state index contributed by atoms with van der Waals surface area (Å²) in [6.07, 6.45) is -2.17. The maximum atomic E-state index is 14.9. The van der Waals surface area contributed by atoms with Crippen molar-refractivity contribution in [3.05, 3.63) is 63.7 Å². The lowest BCUT2D eigenvalue weighted by Crippen LogP contribution is -2.48. The van der Waals surface area contributed by atoms with Crippen LogP contribution in [-0.2, 0) is 0 Å². The first-order valence-electron chi connectivity index (χ1n) is 12.0. The quantitative estimate of drug-likeness (QED) is 0.465. The first-order valence-corrected chi connectivity index (χ1v) is 12.0. The molecule has 1 aromatic carbocycles. The molecule has 7 nitrogen and oxygen atoms in total. The second-order valence-corrected chi connectivity index (χ2v) is 9.50. The van der Waals surface area contributed by atoms with Gasteiger partial charge in [-0.1, -0.05) is 0 Å². The number of amides is 1. The molecule has 1 aliphatic carbocycles. The molecule has 1 aliphatic heterocycles. The molecular weight excluding hydrogens is 518 g/mol. The largest absolute Gasteiger partial charge is 0.408 e. The lowest BCUT2D eigenvalue weighted by molar-refractivity contribution is -0.158. The zero-order valence-corrected chi connectivity index (χ0v) is 19.7. The highest BCUT2D eigenvalue weighted by Crippen LogP contribution is 2.40. The van der Waals surface area contributed by atoms with E-state index in [0.29, 0.717) is 31.3 Å². The van der Waals surface area contributed by atoms with Gasteiger partial charge in [-0.2, -0.15) is 13.2 Å². The van der Waals surface area contributed by atoms with Gasteiger partial charge < -0.3 is 15.3 Å². The van der Waals surface area contributed by atoms with Crippen LogP contribution in [0.5, 0.6) is 0 Å². The van der Waals surface area contributed by atoms with Crippen LogP contribution in [0.2, 0.25) is 0 Å². The van der Waals surface area contributed by atoms with Gasteiger partial charge >= 0.3 is 6.18 Å². The van der Waals surface area contributed by atoms with Crippen molar-refractivity contribution in [1.82, 2.24) is 14.9 Å². The summed E-state index contributed by atoms with van der Waals surface area (Å²) in [5, 5.41) is 11.2. The monoisotopic (exact) mass is 540 g/mol. The van der Waals surface area contributed by atoms with E-state index < -0.39 is 58.2 Å². The Labute approximate surface area is 211 Å². The average Bonchev–Trinajstić information content (AvgIpc) is 3.57. The van der Waals surface area contributed by atoms with Crippen molar-refractivity contribution in [3.8, 4) is 5.69 Å². The molecule has 2 unspecified atom stereocenters. The molecule has 2 aliphatic rings. The Kier molecular flexibility index (Phi) is 6.58. The number of hydrogen-bond donors (Lipinski definition) is 2. The molecule has 5 rings (SSSR count). The maximum absolute atomic E-state index is 14.9. The third kappa shape index (κ3) is 4.70. The van der Waals surface area contributed by atoms with Crippen LogP contribution in [0.15, 0.2) is 35.3 Å². The highest BCUT2D eigenvalue weighted by Gasteiger charge is 2.50. The van der Waals surface area contributed by atoms with E-state index in [1.807, 2.05) is 5.32 Å². The fraction of sp³-hybridized carbons (Fsp3) is 0.400. The number of anilines is 1. The van der Waals surface area contributed by atoms with Crippen molar-refractivity contribution < 1.29 is 36.2 Å². The Hall–Kier alpha value is -3.61. The Bertz CT molecular complexity index is 1450. The molecule has 0 spiro atoms. The molecule has 2 N–H and O–H groups in total. The fourth-order valence-corrected chi connectivity index (χ4v) is 4.89. The maximum Gasteiger partial charge on any atom is 0.408 e. The van der Waals surface area contributed by atoms with Gasteiger partial charge in [-0.15, -0.1) is 0 Å². The van der Waals surface area contributed by atoms with E-state index >= 15 is 0 Å². The molecule has 1 saturated carbocycles. The summed E-state index contributed by atoms with van der Waals surface area (Å²) in [6.45, 7) is 0.321. The topological polar surface area (TPSA) is 87.5 Å². The van der Waals surface area contributed by atoms with Crippen LogP contribution in [0.4, 0.5) is 32.2 Å². The second kappa shape index (κ2) is 9.61. The SMILES string of the molecule is O=C(NC(C1CC1)C(F)(F)F)c1cn(-c2c(F)cc(F)cc2F)c2nc(N3CCCC3CO)ccc2c1=O. The molecule has 38 heavy (non-hydrogen) atoms. The van der Waals surface area contributed by atoms with E-state index in [9.17, 15) is 41.0 Å². The Morgan fingerprint density at radius 2 is 1.82 bits per heavy atom. The van der Waals surface area contributed by atoms with Crippen LogP contribution in [-0.4, -0.2) is 52.0 Å². The number of alkyl halides is 3. The molecule has 1 amide bonds. The predicted octanol–water partition coefficient (Wildman–Crippen LogP) is 3.83. The number of benzene rings is 1.